The third kappa shape index (κ3) is 6.56. The fourth-order valence-corrected chi connectivity index (χ4v) is 2.87. The number of morpholine rings is 1. The van der Waals surface area contributed by atoms with Gasteiger partial charge >= 0.3 is 0 Å². The molecule has 1 aromatic rings. The van der Waals surface area contributed by atoms with Crippen molar-refractivity contribution in [3.63, 3.8) is 0 Å². The maximum absolute atomic E-state index is 5.46. The SMILES string of the molecule is CN=C(NCc1cnn(C)c1)NCC(C(C)C)N1CCOCC1.I. The van der Waals surface area contributed by atoms with Crippen LogP contribution in [0.15, 0.2) is 17.4 Å². The molecule has 1 aromatic heterocycles. The van der Waals surface area contributed by atoms with E-state index in [1.54, 1.807) is 11.7 Å². The van der Waals surface area contributed by atoms with E-state index in [1.165, 1.54) is 0 Å². The van der Waals surface area contributed by atoms with E-state index in [0.29, 0.717) is 12.0 Å². The minimum absolute atomic E-state index is 0. The molecule has 2 rings (SSSR count). The molecule has 1 aliphatic heterocycles. The fourth-order valence-electron chi connectivity index (χ4n) is 2.87. The molecule has 1 unspecified atom stereocenters. The largest absolute Gasteiger partial charge is 0.379 e. The summed E-state index contributed by atoms with van der Waals surface area (Å²) in [6.45, 7) is 9.82. The molecular formula is C16H31IN6O. The number of aliphatic imine (C=N–C) groups is 1. The Labute approximate surface area is 162 Å². The van der Waals surface area contributed by atoms with Crippen molar-refractivity contribution in [2.75, 3.05) is 39.9 Å². The number of halogens is 1. The molecule has 138 valence electrons. The molecule has 2 N–H and O–H groups in total. The van der Waals surface area contributed by atoms with Crippen molar-refractivity contribution < 1.29 is 4.74 Å². The van der Waals surface area contributed by atoms with Crippen LogP contribution < -0.4 is 10.6 Å². The third-order valence-electron chi connectivity index (χ3n) is 4.20. The van der Waals surface area contributed by atoms with E-state index in [4.69, 9.17) is 4.74 Å². The number of guanidine groups is 1. The topological polar surface area (TPSA) is 66.7 Å². The normalized spacial score (nSPS) is 17.5. The van der Waals surface area contributed by atoms with Gasteiger partial charge in [0.05, 0.1) is 19.4 Å². The number of hydrogen-bond donors (Lipinski definition) is 2. The molecule has 1 fully saturated rings. The zero-order valence-corrected chi connectivity index (χ0v) is 17.5. The van der Waals surface area contributed by atoms with Crippen LogP contribution in [0, 0.1) is 5.92 Å². The number of rotatable bonds is 6. The molecule has 7 nitrogen and oxygen atoms in total. The van der Waals surface area contributed by atoms with Crippen LogP contribution in [0.1, 0.15) is 19.4 Å². The molecule has 0 radical (unpaired) electrons. The van der Waals surface area contributed by atoms with Gasteiger partial charge in [-0.2, -0.15) is 5.10 Å². The van der Waals surface area contributed by atoms with Crippen molar-refractivity contribution in [1.29, 1.82) is 0 Å². The fraction of sp³-hybridized carbons (Fsp3) is 0.750. The second kappa shape index (κ2) is 10.9. The first-order valence-electron chi connectivity index (χ1n) is 8.34. The lowest BCUT2D eigenvalue weighted by molar-refractivity contribution is 0.00752. The second-order valence-electron chi connectivity index (χ2n) is 6.29. The smallest absolute Gasteiger partial charge is 0.191 e. The Morgan fingerprint density at radius 3 is 2.58 bits per heavy atom. The van der Waals surface area contributed by atoms with Gasteiger partial charge in [-0.05, 0) is 5.92 Å². The van der Waals surface area contributed by atoms with Crippen LogP contribution >= 0.6 is 24.0 Å². The summed E-state index contributed by atoms with van der Waals surface area (Å²) in [5, 5.41) is 11.0. The van der Waals surface area contributed by atoms with Crippen molar-refractivity contribution >= 4 is 29.9 Å². The number of nitrogens with zero attached hydrogens (tertiary/aromatic N) is 4. The van der Waals surface area contributed by atoms with E-state index in [2.05, 4.69) is 39.5 Å². The van der Waals surface area contributed by atoms with Gasteiger partial charge in [0.2, 0.25) is 0 Å². The quantitative estimate of drug-likeness (QED) is 0.386. The van der Waals surface area contributed by atoms with E-state index in [9.17, 15) is 0 Å². The summed E-state index contributed by atoms with van der Waals surface area (Å²) >= 11 is 0. The summed E-state index contributed by atoms with van der Waals surface area (Å²) < 4.78 is 7.27. The Kier molecular flexibility index (Phi) is 9.60. The Morgan fingerprint density at radius 2 is 2.04 bits per heavy atom. The molecule has 0 bridgehead atoms. The van der Waals surface area contributed by atoms with E-state index >= 15 is 0 Å². The number of aromatic nitrogens is 2. The van der Waals surface area contributed by atoms with Gasteiger partial charge in [-0.25, -0.2) is 0 Å². The molecule has 0 saturated carbocycles. The Morgan fingerprint density at radius 1 is 1.33 bits per heavy atom. The molecule has 0 aliphatic carbocycles. The van der Waals surface area contributed by atoms with Crippen LogP contribution in [-0.4, -0.2) is 66.6 Å². The van der Waals surface area contributed by atoms with Gasteiger partial charge in [0.25, 0.3) is 0 Å². The van der Waals surface area contributed by atoms with Crippen LogP contribution in [0.25, 0.3) is 0 Å². The molecule has 24 heavy (non-hydrogen) atoms. The summed E-state index contributed by atoms with van der Waals surface area (Å²) in [5.74, 6) is 1.41. The Balaban J connectivity index is 0.00000288. The predicted octanol–water partition coefficient (Wildman–Crippen LogP) is 1.06. The standard InChI is InChI=1S/C16H30N6O.HI/c1-13(2)15(22-5-7-23-8-6-22)11-19-16(17-3)18-9-14-10-20-21(4)12-14;/h10,12-13,15H,5-9,11H2,1-4H3,(H2,17,18,19);1H. The molecule has 2 heterocycles. The molecule has 0 spiro atoms. The summed E-state index contributed by atoms with van der Waals surface area (Å²) in [6, 6.07) is 0.482. The summed E-state index contributed by atoms with van der Waals surface area (Å²) in [5.41, 5.74) is 1.14. The maximum Gasteiger partial charge on any atom is 0.191 e. The lowest BCUT2D eigenvalue weighted by Gasteiger charge is -2.37. The highest BCUT2D eigenvalue weighted by Crippen LogP contribution is 2.12. The van der Waals surface area contributed by atoms with Crippen molar-refractivity contribution in [3.8, 4) is 0 Å². The van der Waals surface area contributed by atoms with Crippen LogP contribution in [0.5, 0.6) is 0 Å². The van der Waals surface area contributed by atoms with Gasteiger partial charge in [-0.15, -0.1) is 24.0 Å². The molecule has 0 aromatic carbocycles. The van der Waals surface area contributed by atoms with Crippen molar-refractivity contribution in [2.45, 2.75) is 26.4 Å². The Hall–Kier alpha value is -0.870. The zero-order valence-electron chi connectivity index (χ0n) is 15.2. The number of hydrogen-bond acceptors (Lipinski definition) is 4. The molecule has 1 aliphatic rings. The minimum atomic E-state index is 0. The van der Waals surface area contributed by atoms with E-state index in [-0.39, 0.29) is 24.0 Å². The molecule has 8 heteroatoms. The van der Waals surface area contributed by atoms with Gasteiger partial charge < -0.3 is 15.4 Å². The maximum atomic E-state index is 5.46. The molecule has 1 saturated heterocycles. The first-order valence-corrected chi connectivity index (χ1v) is 8.34. The highest BCUT2D eigenvalue weighted by molar-refractivity contribution is 14.0. The summed E-state index contributed by atoms with van der Waals surface area (Å²) in [4.78, 5) is 6.82. The van der Waals surface area contributed by atoms with Crippen molar-refractivity contribution in [3.05, 3.63) is 18.0 Å². The third-order valence-corrected chi connectivity index (χ3v) is 4.20. The van der Waals surface area contributed by atoms with E-state index in [0.717, 1.165) is 50.9 Å². The lowest BCUT2D eigenvalue weighted by atomic mass is 10.0. The zero-order chi connectivity index (χ0) is 16.7. The minimum Gasteiger partial charge on any atom is -0.379 e. The number of nitrogens with one attached hydrogen (secondary N) is 2. The second-order valence-corrected chi connectivity index (χ2v) is 6.29. The highest BCUT2D eigenvalue weighted by Gasteiger charge is 2.23. The van der Waals surface area contributed by atoms with Gasteiger partial charge in [0, 0.05) is 58.1 Å². The van der Waals surface area contributed by atoms with Crippen molar-refractivity contribution in [1.82, 2.24) is 25.3 Å². The monoisotopic (exact) mass is 450 g/mol. The molecule has 1 atom stereocenters. The average molecular weight is 450 g/mol. The predicted molar refractivity (Wildman–Crippen MR) is 108 cm³/mol. The van der Waals surface area contributed by atoms with Crippen LogP contribution in [0.3, 0.4) is 0 Å². The van der Waals surface area contributed by atoms with Crippen LogP contribution in [-0.2, 0) is 18.3 Å². The van der Waals surface area contributed by atoms with E-state index in [1.807, 2.05) is 19.4 Å². The van der Waals surface area contributed by atoms with Gasteiger partial charge in [-0.3, -0.25) is 14.6 Å². The van der Waals surface area contributed by atoms with Crippen LogP contribution in [0.2, 0.25) is 0 Å². The molecular weight excluding hydrogens is 419 g/mol. The summed E-state index contributed by atoms with van der Waals surface area (Å²) in [6.07, 6.45) is 3.87. The van der Waals surface area contributed by atoms with E-state index < -0.39 is 0 Å². The van der Waals surface area contributed by atoms with Gasteiger partial charge in [0.15, 0.2) is 5.96 Å². The number of ether oxygens (including phenoxy) is 1. The van der Waals surface area contributed by atoms with Gasteiger partial charge in [-0.1, -0.05) is 13.8 Å². The highest BCUT2D eigenvalue weighted by atomic mass is 127. The number of aryl methyl sites for hydroxylation is 1. The lowest BCUT2D eigenvalue weighted by Crippen LogP contribution is -2.52. The summed E-state index contributed by atoms with van der Waals surface area (Å²) in [7, 11) is 3.73. The first kappa shape index (κ1) is 21.2. The average Bonchev–Trinajstić information content (AvgIpc) is 2.96. The van der Waals surface area contributed by atoms with Crippen molar-refractivity contribution in [2.24, 2.45) is 18.0 Å². The Bertz CT molecular complexity index is 499. The molecule has 0 amide bonds. The van der Waals surface area contributed by atoms with Gasteiger partial charge in [0.1, 0.15) is 0 Å². The van der Waals surface area contributed by atoms with Crippen LogP contribution in [0.4, 0.5) is 0 Å². The first-order chi connectivity index (χ1) is 11.1.